The summed E-state index contributed by atoms with van der Waals surface area (Å²) in [6.45, 7) is 8.95. The zero-order chi connectivity index (χ0) is 10.5. The summed E-state index contributed by atoms with van der Waals surface area (Å²) in [5, 5.41) is 9.29. The molecule has 0 aromatic carbocycles. The Morgan fingerprint density at radius 2 is 2.00 bits per heavy atom. The molecule has 0 amide bonds. The maximum atomic E-state index is 9.87. The van der Waals surface area contributed by atoms with Crippen LogP contribution in [0.5, 0.6) is 0 Å². The highest BCUT2D eigenvalue weighted by Crippen LogP contribution is 2.25. The molecule has 0 aromatic heterocycles. The van der Waals surface area contributed by atoms with Crippen LogP contribution in [-0.2, 0) is 9.53 Å². The van der Waals surface area contributed by atoms with E-state index in [1.54, 1.807) is 0 Å². The second kappa shape index (κ2) is 4.76. The van der Waals surface area contributed by atoms with Gasteiger partial charge in [-0.2, -0.15) is 0 Å². The van der Waals surface area contributed by atoms with Crippen molar-refractivity contribution in [3.05, 3.63) is 0 Å². The Hall–Kier alpha value is -0.353. The van der Waals surface area contributed by atoms with Crippen molar-refractivity contribution in [3.8, 4) is 0 Å². The van der Waals surface area contributed by atoms with Gasteiger partial charge in [0.15, 0.2) is 0 Å². The van der Waals surface area contributed by atoms with E-state index in [0.29, 0.717) is 13.1 Å². The molecular formula is C9H20O3Si. The van der Waals surface area contributed by atoms with E-state index >= 15 is 0 Å². The van der Waals surface area contributed by atoms with E-state index < -0.39 is 13.3 Å². The van der Waals surface area contributed by atoms with Crippen LogP contribution < -0.4 is 0 Å². The molecule has 0 aliphatic carbocycles. The Kier molecular flexibility index (Phi) is 4.63. The van der Waals surface area contributed by atoms with Crippen LogP contribution in [0.2, 0.25) is 19.1 Å². The molecule has 0 radical (unpaired) electrons. The first-order chi connectivity index (χ1) is 5.81. The number of carbonyl (C=O) groups is 1. The highest BCUT2D eigenvalue weighted by atomic mass is 28.3. The number of hydrogen-bond acceptors (Lipinski definition) is 3. The SMILES string of the molecule is CC(C)(O)[Si](C)(C)CCCOC=O. The van der Waals surface area contributed by atoms with E-state index in [2.05, 4.69) is 17.8 Å². The Labute approximate surface area is 81.1 Å². The molecule has 0 saturated heterocycles. The summed E-state index contributed by atoms with van der Waals surface area (Å²) in [5.74, 6) is 0. The molecule has 0 bridgehead atoms. The second-order valence-corrected chi connectivity index (χ2v) is 10.0. The van der Waals surface area contributed by atoms with Gasteiger partial charge in [0.2, 0.25) is 0 Å². The normalized spacial score (nSPS) is 12.7. The molecule has 0 aromatic rings. The van der Waals surface area contributed by atoms with Crippen molar-refractivity contribution in [1.82, 2.24) is 0 Å². The summed E-state index contributed by atoms with van der Waals surface area (Å²) in [5.41, 5.74) is 0. The van der Waals surface area contributed by atoms with Crippen molar-refractivity contribution >= 4 is 14.5 Å². The van der Waals surface area contributed by atoms with Gasteiger partial charge in [-0.05, 0) is 20.3 Å². The van der Waals surface area contributed by atoms with Crippen LogP contribution in [0.1, 0.15) is 20.3 Å². The van der Waals surface area contributed by atoms with E-state index in [9.17, 15) is 9.90 Å². The topological polar surface area (TPSA) is 46.5 Å². The Morgan fingerprint density at radius 3 is 2.38 bits per heavy atom. The maximum Gasteiger partial charge on any atom is 0.293 e. The number of hydrogen-bond donors (Lipinski definition) is 1. The van der Waals surface area contributed by atoms with Crippen molar-refractivity contribution in [2.45, 2.75) is 44.6 Å². The van der Waals surface area contributed by atoms with Crippen molar-refractivity contribution in [3.63, 3.8) is 0 Å². The van der Waals surface area contributed by atoms with Gasteiger partial charge in [0, 0.05) is 5.22 Å². The minimum Gasteiger partial charge on any atom is -0.468 e. The average Bonchev–Trinajstić information content (AvgIpc) is 1.96. The predicted octanol–water partition coefficient (Wildman–Crippen LogP) is 1.57. The van der Waals surface area contributed by atoms with E-state index in [1.165, 1.54) is 0 Å². The third-order valence-corrected chi connectivity index (χ3v) is 7.70. The standard InChI is InChI=1S/C9H20O3Si/c1-9(2,11)13(3,4)7-5-6-12-8-10/h8,11H,5-7H2,1-4H3. The molecule has 0 atom stereocenters. The molecule has 0 spiro atoms. The molecule has 0 unspecified atom stereocenters. The fraction of sp³-hybridized carbons (Fsp3) is 0.889. The second-order valence-electron chi connectivity index (χ2n) is 4.51. The Morgan fingerprint density at radius 1 is 1.46 bits per heavy atom. The van der Waals surface area contributed by atoms with Gasteiger partial charge in [-0.3, -0.25) is 4.79 Å². The zero-order valence-electron chi connectivity index (χ0n) is 8.96. The number of aliphatic hydroxyl groups is 1. The summed E-state index contributed by atoms with van der Waals surface area (Å²) in [6, 6.07) is 0.977. The average molecular weight is 204 g/mol. The molecule has 0 aliphatic rings. The first kappa shape index (κ1) is 12.6. The Bertz CT molecular complexity index is 161. The highest BCUT2D eigenvalue weighted by molar-refractivity contribution is 6.79. The van der Waals surface area contributed by atoms with Gasteiger partial charge in [0.1, 0.15) is 0 Å². The predicted molar refractivity (Wildman–Crippen MR) is 55.2 cm³/mol. The van der Waals surface area contributed by atoms with Crippen LogP contribution in [0.15, 0.2) is 0 Å². The van der Waals surface area contributed by atoms with Gasteiger partial charge < -0.3 is 9.84 Å². The molecule has 0 aliphatic heterocycles. The first-order valence-corrected chi connectivity index (χ1v) is 7.79. The lowest BCUT2D eigenvalue weighted by atomic mass is 10.5. The van der Waals surface area contributed by atoms with Crippen LogP contribution in [0.3, 0.4) is 0 Å². The molecule has 4 heteroatoms. The van der Waals surface area contributed by atoms with Gasteiger partial charge in [0.25, 0.3) is 6.47 Å². The minimum atomic E-state index is -1.60. The quantitative estimate of drug-likeness (QED) is 0.406. The third-order valence-electron chi connectivity index (χ3n) is 2.79. The molecule has 0 saturated carbocycles. The van der Waals surface area contributed by atoms with Crippen molar-refractivity contribution in [2.24, 2.45) is 0 Å². The molecule has 3 nitrogen and oxygen atoms in total. The molecule has 13 heavy (non-hydrogen) atoms. The lowest BCUT2D eigenvalue weighted by Crippen LogP contribution is -2.49. The van der Waals surface area contributed by atoms with Crippen molar-refractivity contribution in [2.75, 3.05) is 6.61 Å². The summed E-state index contributed by atoms with van der Waals surface area (Å²) in [7, 11) is -1.60. The Balaban J connectivity index is 3.83. The minimum absolute atomic E-state index is 0.468. The van der Waals surface area contributed by atoms with Crippen molar-refractivity contribution < 1.29 is 14.6 Å². The molecule has 0 heterocycles. The number of carbonyl (C=O) groups excluding carboxylic acids is 1. The fourth-order valence-corrected chi connectivity index (χ4v) is 2.59. The van der Waals surface area contributed by atoms with Crippen LogP contribution >= 0.6 is 0 Å². The molecular weight excluding hydrogens is 184 g/mol. The maximum absolute atomic E-state index is 9.87. The van der Waals surface area contributed by atoms with Crippen LogP contribution in [0, 0.1) is 0 Å². The van der Waals surface area contributed by atoms with Crippen molar-refractivity contribution in [1.29, 1.82) is 0 Å². The monoisotopic (exact) mass is 204 g/mol. The summed E-state index contributed by atoms with van der Waals surface area (Å²) in [4.78, 5) is 9.87. The number of ether oxygens (including phenoxy) is 1. The summed E-state index contributed by atoms with van der Waals surface area (Å²) >= 11 is 0. The van der Waals surface area contributed by atoms with Crippen LogP contribution in [-0.4, -0.2) is 31.5 Å². The molecule has 1 N–H and O–H groups in total. The van der Waals surface area contributed by atoms with Gasteiger partial charge in [-0.25, -0.2) is 0 Å². The van der Waals surface area contributed by atoms with E-state index in [-0.39, 0.29) is 0 Å². The van der Waals surface area contributed by atoms with E-state index in [0.717, 1.165) is 12.5 Å². The third kappa shape index (κ3) is 4.43. The largest absolute Gasteiger partial charge is 0.468 e. The molecule has 0 fully saturated rings. The van der Waals surface area contributed by atoms with Crippen LogP contribution in [0.4, 0.5) is 0 Å². The highest BCUT2D eigenvalue weighted by Gasteiger charge is 2.36. The van der Waals surface area contributed by atoms with Gasteiger partial charge in [-0.15, -0.1) is 0 Å². The van der Waals surface area contributed by atoms with Crippen LogP contribution in [0.25, 0.3) is 0 Å². The lowest BCUT2D eigenvalue weighted by Gasteiger charge is -2.35. The van der Waals surface area contributed by atoms with E-state index in [1.807, 2.05) is 13.8 Å². The zero-order valence-corrected chi connectivity index (χ0v) is 9.96. The van der Waals surface area contributed by atoms with Gasteiger partial charge >= 0.3 is 0 Å². The summed E-state index contributed by atoms with van der Waals surface area (Å²) < 4.78 is 4.60. The van der Waals surface area contributed by atoms with Gasteiger partial charge in [-0.1, -0.05) is 19.1 Å². The molecule has 78 valence electrons. The number of rotatable bonds is 6. The molecule has 0 rings (SSSR count). The van der Waals surface area contributed by atoms with Gasteiger partial charge in [0.05, 0.1) is 14.7 Å². The fourth-order valence-electron chi connectivity index (χ4n) is 0.951. The smallest absolute Gasteiger partial charge is 0.293 e. The lowest BCUT2D eigenvalue weighted by molar-refractivity contribution is -0.128. The summed E-state index contributed by atoms with van der Waals surface area (Å²) in [6.07, 6.45) is 0.849. The van der Waals surface area contributed by atoms with E-state index in [4.69, 9.17) is 0 Å². The first-order valence-electron chi connectivity index (χ1n) is 4.59.